The van der Waals surface area contributed by atoms with Gasteiger partial charge in [-0.1, -0.05) is 0 Å². The van der Waals surface area contributed by atoms with E-state index in [0.29, 0.717) is 12.1 Å². The predicted molar refractivity (Wildman–Crippen MR) is 54.9 cm³/mol. The molecule has 0 bridgehead atoms. The maximum absolute atomic E-state index is 11.4. The zero-order valence-corrected chi connectivity index (χ0v) is 9.47. The summed E-state index contributed by atoms with van der Waals surface area (Å²) in [4.78, 5) is 19.4. The Balaban J connectivity index is 2.90. The highest BCUT2D eigenvalue weighted by atomic mass is 16.7. The fourth-order valence-corrected chi connectivity index (χ4v) is 1.20. The van der Waals surface area contributed by atoms with Crippen LogP contribution in [-0.2, 0) is 20.6 Å². The maximum atomic E-state index is 11.4. The van der Waals surface area contributed by atoms with Crippen molar-refractivity contribution < 1.29 is 19.0 Å². The molecule has 1 rings (SSSR count). The third-order valence-corrected chi connectivity index (χ3v) is 2.04. The SMILES string of the molecule is COC(=O)c1nccnc1CC(OC)OC. The molecular formula is C10H14N2O4. The summed E-state index contributed by atoms with van der Waals surface area (Å²) >= 11 is 0. The standard InChI is InChI=1S/C10H14N2O4/c1-14-8(15-2)6-7-9(10(13)16-3)12-5-4-11-7/h4-5,8H,6H2,1-3H3. The maximum Gasteiger partial charge on any atom is 0.358 e. The van der Waals surface area contributed by atoms with Gasteiger partial charge in [0.15, 0.2) is 12.0 Å². The normalized spacial score (nSPS) is 10.5. The average Bonchev–Trinajstić information content (AvgIpc) is 2.35. The minimum Gasteiger partial charge on any atom is -0.464 e. The van der Waals surface area contributed by atoms with Crippen molar-refractivity contribution in [3.05, 3.63) is 23.8 Å². The highest BCUT2D eigenvalue weighted by Gasteiger charge is 2.17. The molecule has 0 saturated heterocycles. The Kier molecular flexibility index (Phi) is 4.81. The van der Waals surface area contributed by atoms with Crippen molar-refractivity contribution in [2.24, 2.45) is 0 Å². The van der Waals surface area contributed by atoms with Gasteiger partial charge in [-0.25, -0.2) is 9.78 Å². The summed E-state index contributed by atoms with van der Waals surface area (Å²) in [6.45, 7) is 0. The van der Waals surface area contributed by atoms with Gasteiger partial charge in [-0.2, -0.15) is 0 Å². The van der Waals surface area contributed by atoms with Crippen molar-refractivity contribution in [2.45, 2.75) is 12.7 Å². The summed E-state index contributed by atoms with van der Waals surface area (Å²) in [5.41, 5.74) is 0.673. The summed E-state index contributed by atoms with van der Waals surface area (Å²) in [7, 11) is 4.33. The van der Waals surface area contributed by atoms with E-state index < -0.39 is 12.3 Å². The Bertz CT molecular complexity index is 352. The molecule has 0 amide bonds. The number of nitrogens with zero attached hydrogens (tertiary/aromatic N) is 2. The Morgan fingerprint density at radius 2 is 1.88 bits per heavy atom. The lowest BCUT2D eigenvalue weighted by Gasteiger charge is -2.13. The van der Waals surface area contributed by atoms with Crippen molar-refractivity contribution >= 4 is 5.97 Å². The molecule has 0 aromatic carbocycles. The Morgan fingerprint density at radius 1 is 1.25 bits per heavy atom. The monoisotopic (exact) mass is 226 g/mol. The third-order valence-electron chi connectivity index (χ3n) is 2.04. The quantitative estimate of drug-likeness (QED) is 0.535. The summed E-state index contributed by atoms with van der Waals surface area (Å²) in [5, 5.41) is 0. The molecule has 0 radical (unpaired) electrons. The molecule has 0 saturated carbocycles. The van der Waals surface area contributed by atoms with Gasteiger partial charge < -0.3 is 14.2 Å². The fourth-order valence-electron chi connectivity index (χ4n) is 1.20. The van der Waals surface area contributed by atoms with Crippen molar-refractivity contribution in [3.8, 4) is 0 Å². The molecule has 0 spiro atoms. The molecule has 88 valence electrons. The second-order valence-electron chi connectivity index (χ2n) is 2.95. The van der Waals surface area contributed by atoms with Gasteiger partial charge in [0, 0.05) is 33.0 Å². The number of aromatic nitrogens is 2. The zero-order chi connectivity index (χ0) is 12.0. The van der Waals surface area contributed by atoms with Crippen LogP contribution in [0.5, 0.6) is 0 Å². The van der Waals surface area contributed by atoms with E-state index in [2.05, 4.69) is 14.7 Å². The van der Waals surface area contributed by atoms with Crippen molar-refractivity contribution in [2.75, 3.05) is 21.3 Å². The molecular weight excluding hydrogens is 212 g/mol. The van der Waals surface area contributed by atoms with Crippen LogP contribution in [-0.4, -0.2) is 43.6 Å². The highest BCUT2D eigenvalue weighted by molar-refractivity contribution is 5.88. The molecule has 0 fully saturated rings. The zero-order valence-electron chi connectivity index (χ0n) is 9.47. The number of carbonyl (C=O) groups is 1. The molecule has 1 aromatic rings. The van der Waals surface area contributed by atoms with Crippen LogP contribution in [0.4, 0.5) is 0 Å². The number of ether oxygens (including phenoxy) is 3. The first kappa shape index (κ1) is 12.5. The number of methoxy groups -OCH3 is 3. The van der Waals surface area contributed by atoms with Crippen LogP contribution >= 0.6 is 0 Å². The van der Waals surface area contributed by atoms with Crippen LogP contribution < -0.4 is 0 Å². The molecule has 1 heterocycles. The first-order valence-electron chi connectivity index (χ1n) is 4.66. The topological polar surface area (TPSA) is 70.5 Å². The molecule has 0 N–H and O–H groups in total. The first-order chi connectivity index (χ1) is 7.72. The summed E-state index contributed by atoms with van der Waals surface area (Å²) in [6.07, 6.45) is 2.82. The van der Waals surface area contributed by atoms with Crippen LogP contribution in [0.2, 0.25) is 0 Å². The van der Waals surface area contributed by atoms with E-state index >= 15 is 0 Å². The lowest BCUT2D eigenvalue weighted by molar-refractivity contribution is -0.101. The predicted octanol–water partition coefficient (Wildman–Crippen LogP) is 0.425. The number of hydrogen-bond acceptors (Lipinski definition) is 6. The van der Waals surface area contributed by atoms with Gasteiger partial charge in [0.05, 0.1) is 12.8 Å². The van der Waals surface area contributed by atoms with Gasteiger partial charge in [-0.05, 0) is 0 Å². The number of carbonyl (C=O) groups excluding carboxylic acids is 1. The highest BCUT2D eigenvalue weighted by Crippen LogP contribution is 2.08. The van der Waals surface area contributed by atoms with Crippen LogP contribution in [0, 0.1) is 0 Å². The lowest BCUT2D eigenvalue weighted by atomic mass is 10.2. The minimum absolute atomic E-state index is 0.184. The van der Waals surface area contributed by atoms with Crippen molar-refractivity contribution in [1.29, 1.82) is 0 Å². The van der Waals surface area contributed by atoms with Gasteiger partial charge in [-0.3, -0.25) is 4.98 Å². The number of rotatable bonds is 5. The van der Waals surface area contributed by atoms with E-state index in [4.69, 9.17) is 9.47 Å². The molecule has 0 atom stereocenters. The second kappa shape index (κ2) is 6.14. The molecule has 6 nitrogen and oxygen atoms in total. The second-order valence-corrected chi connectivity index (χ2v) is 2.95. The van der Waals surface area contributed by atoms with E-state index in [1.807, 2.05) is 0 Å². The van der Waals surface area contributed by atoms with Crippen LogP contribution in [0.3, 0.4) is 0 Å². The lowest BCUT2D eigenvalue weighted by Crippen LogP contribution is -2.20. The Morgan fingerprint density at radius 3 is 2.44 bits per heavy atom. The molecule has 0 unspecified atom stereocenters. The van der Waals surface area contributed by atoms with Crippen molar-refractivity contribution in [3.63, 3.8) is 0 Å². The minimum atomic E-state index is -0.519. The average molecular weight is 226 g/mol. The number of hydrogen-bond donors (Lipinski definition) is 0. The molecule has 1 aromatic heterocycles. The van der Waals surface area contributed by atoms with Crippen LogP contribution in [0.25, 0.3) is 0 Å². The molecule has 16 heavy (non-hydrogen) atoms. The van der Waals surface area contributed by atoms with E-state index in [1.54, 1.807) is 0 Å². The Labute approximate surface area is 93.6 Å². The van der Waals surface area contributed by atoms with E-state index in [0.717, 1.165) is 0 Å². The largest absolute Gasteiger partial charge is 0.464 e. The van der Waals surface area contributed by atoms with E-state index in [9.17, 15) is 4.79 Å². The summed E-state index contributed by atoms with van der Waals surface area (Å²) in [5.74, 6) is -0.519. The summed E-state index contributed by atoms with van der Waals surface area (Å²) < 4.78 is 14.7. The smallest absolute Gasteiger partial charge is 0.358 e. The van der Waals surface area contributed by atoms with Gasteiger partial charge in [-0.15, -0.1) is 0 Å². The van der Waals surface area contributed by atoms with Crippen molar-refractivity contribution in [1.82, 2.24) is 9.97 Å². The van der Waals surface area contributed by atoms with Gasteiger partial charge in [0.25, 0.3) is 0 Å². The Hall–Kier alpha value is -1.53. The number of esters is 1. The molecule has 0 aliphatic heterocycles. The van der Waals surface area contributed by atoms with Gasteiger partial charge in [0.2, 0.25) is 0 Å². The van der Waals surface area contributed by atoms with Crippen LogP contribution in [0.1, 0.15) is 16.2 Å². The van der Waals surface area contributed by atoms with Gasteiger partial charge in [0.1, 0.15) is 0 Å². The van der Waals surface area contributed by atoms with E-state index in [-0.39, 0.29) is 5.69 Å². The molecule has 0 aliphatic rings. The van der Waals surface area contributed by atoms with Crippen LogP contribution in [0.15, 0.2) is 12.4 Å². The summed E-state index contributed by atoms with van der Waals surface area (Å²) in [6, 6.07) is 0. The molecule has 0 aliphatic carbocycles. The van der Waals surface area contributed by atoms with Gasteiger partial charge >= 0.3 is 5.97 Å². The fraction of sp³-hybridized carbons (Fsp3) is 0.500. The first-order valence-corrected chi connectivity index (χ1v) is 4.66. The third kappa shape index (κ3) is 2.98. The van der Waals surface area contributed by atoms with E-state index in [1.165, 1.54) is 33.7 Å². The molecule has 6 heteroatoms.